The maximum Gasteiger partial charge on any atom is 0.142 e. The molecule has 4 nitrogen and oxygen atoms in total. The van der Waals surface area contributed by atoms with Crippen molar-refractivity contribution in [2.24, 2.45) is 0 Å². The summed E-state index contributed by atoms with van der Waals surface area (Å²) in [7, 11) is 0. The summed E-state index contributed by atoms with van der Waals surface area (Å²) in [6.07, 6.45) is 8.76. The summed E-state index contributed by atoms with van der Waals surface area (Å²) in [4.78, 5) is 36.7. The van der Waals surface area contributed by atoms with Crippen LogP contribution in [-0.2, 0) is 19.2 Å². The van der Waals surface area contributed by atoms with Crippen molar-refractivity contribution in [1.29, 1.82) is 0 Å². The van der Waals surface area contributed by atoms with Crippen LogP contribution in [-0.4, -0.2) is 25.1 Å². The zero-order chi connectivity index (χ0) is 14.4. The van der Waals surface area contributed by atoms with Gasteiger partial charge in [0.25, 0.3) is 0 Å². The molecule has 0 rings (SSSR count). The third-order valence-corrected chi connectivity index (χ3v) is 0.844. The molecule has 100 valence electrons. The van der Waals surface area contributed by atoms with Gasteiger partial charge in [-0.1, -0.05) is 19.9 Å². The molecule has 0 amide bonds. The topological polar surface area (TPSA) is 68.3 Å². The lowest BCUT2D eigenvalue weighted by Gasteiger charge is -1.68. The van der Waals surface area contributed by atoms with Crippen molar-refractivity contribution in [2.45, 2.75) is 47.0 Å². The van der Waals surface area contributed by atoms with E-state index in [1.807, 2.05) is 13.8 Å². The summed E-state index contributed by atoms with van der Waals surface area (Å²) in [5.41, 5.74) is 0. The largest absolute Gasteiger partial charge is 0.304 e. The molecule has 0 atom stereocenters. The van der Waals surface area contributed by atoms with Crippen molar-refractivity contribution >= 4 is 25.1 Å². The van der Waals surface area contributed by atoms with Crippen molar-refractivity contribution in [3.05, 3.63) is 12.2 Å². The van der Waals surface area contributed by atoms with E-state index in [-0.39, 0.29) is 0 Å². The summed E-state index contributed by atoms with van der Waals surface area (Å²) in [6, 6.07) is 0. The molecule has 0 aliphatic heterocycles. The number of carbonyl (C=O) groups excluding carboxylic acids is 4. The van der Waals surface area contributed by atoms with Crippen LogP contribution in [0, 0.1) is 0 Å². The summed E-state index contributed by atoms with van der Waals surface area (Å²) in [5.74, 6) is 0. The minimum atomic E-state index is 0.639. The highest BCUT2D eigenvalue weighted by molar-refractivity contribution is 5.64. The summed E-state index contributed by atoms with van der Waals surface area (Å²) >= 11 is 0. The van der Waals surface area contributed by atoms with Crippen LogP contribution < -0.4 is 0 Å². The second-order valence-electron chi connectivity index (χ2n) is 2.43. The Morgan fingerprint density at radius 2 is 1.29 bits per heavy atom. The molecule has 0 aliphatic rings. The molecule has 0 radical (unpaired) electrons. The lowest BCUT2D eigenvalue weighted by Crippen LogP contribution is -1.64. The van der Waals surface area contributed by atoms with E-state index in [9.17, 15) is 14.4 Å². The van der Waals surface area contributed by atoms with Crippen LogP contribution in [0.1, 0.15) is 47.0 Å². The highest BCUT2D eigenvalue weighted by atomic mass is 16.1. The first-order chi connectivity index (χ1) is 8.16. The van der Waals surface area contributed by atoms with Crippen molar-refractivity contribution < 1.29 is 19.2 Å². The molecular weight excluding hydrogens is 220 g/mol. The van der Waals surface area contributed by atoms with Gasteiger partial charge in [0.15, 0.2) is 0 Å². The van der Waals surface area contributed by atoms with Gasteiger partial charge in [0.2, 0.25) is 0 Å². The Labute approximate surface area is 104 Å². The Bertz CT molecular complexity index is 174. The predicted molar refractivity (Wildman–Crippen MR) is 69.9 cm³/mol. The normalized spacial score (nSPS) is 7.06. The van der Waals surface area contributed by atoms with Crippen LogP contribution in [0.2, 0.25) is 0 Å². The van der Waals surface area contributed by atoms with Gasteiger partial charge in [0.05, 0.1) is 0 Å². The molecule has 0 heterocycles. The zero-order valence-electron chi connectivity index (χ0n) is 11.2. The van der Waals surface area contributed by atoms with Crippen molar-refractivity contribution in [1.82, 2.24) is 0 Å². The Morgan fingerprint density at radius 1 is 0.882 bits per heavy atom. The number of aldehydes is 4. The molecule has 4 heteroatoms. The molecule has 0 aromatic carbocycles. The first-order valence-electron chi connectivity index (χ1n) is 5.49. The number of carbonyl (C=O) groups is 4. The third-order valence-electron chi connectivity index (χ3n) is 0.844. The Balaban J connectivity index is -0.0000000676. The van der Waals surface area contributed by atoms with E-state index in [2.05, 4.69) is 0 Å². The van der Waals surface area contributed by atoms with E-state index in [0.29, 0.717) is 12.8 Å². The van der Waals surface area contributed by atoms with Crippen molar-refractivity contribution in [3.8, 4) is 0 Å². The monoisotopic (exact) mass is 244 g/mol. The van der Waals surface area contributed by atoms with E-state index in [4.69, 9.17) is 4.79 Å². The Morgan fingerprint density at radius 3 is 1.29 bits per heavy atom. The van der Waals surface area contributed by atoms with E-state index < -0.39 is 0 Å². The fourth-order valence-corrected chi connectivity index (χ4v) is 0.196. The minimum Gasteiger partial charge on any atom is -0.304 e. The number of hydrogen-bond acceptors (Lipinski definition) is 4. The maximum atomic E-state index is 9.40. The summed E-state index contributed by atoms with van der Waals surface area (Å²) in [5, 5.41) is 0. The summed E-state index contributed by atoms with van der Waals surface area (Å²) < 4.78 is 0. The molecular formula is C13H24O4. The van der Waals surface area contributed by atoms with E-state index in [1.54, 1.807) is 13.0 Å². The van der Waals surface area contributed by atoms with Gasteiger partial charge in [0.1, 0.15) is 25.1 Å². The standard InChI is InChI=1S/C4H8O.C4H6O.C3H6O.C2H4O/c2*1-2-3-4-5;1-2-3-4;1-2-3/h4H,2-3H2,1H3;2-4H,1H3;3H,2H2,1H3;2H,1H3/b;3-2+;;. The first-order valence-corrected chi connectivity index (χ1v) is 5.49. The van der Waals surface area contributed by atoms with Crippen LogP contribution in [0.25, 0.3) is 0 Å². The van der Waals surface area contributed by atoms with Gasteiger partial charge < -0.3 is 14.4 Å². The van der Waals surface area contributed by atoms with Crippen LogP contribution in [0.5, 0.6) is 0 Å². The number of allylic oxidation sites excluding steroid dienone is 2. The second-order valence-corrected chi connectivity index (χ2v) is 2.43. The fraction of sp³-hybridized carbons (Fsp3) is 0.538. The fourth-order valence-electron chi connectivity index (χ4n) is 0.196. The van der Waals surface area contributed by atoms with Crippen molar-refractivity contribution in [2.75, 3.05) is 0 Å². The highest BCUT2D eigenvalue weighted by Crippen LogP contribution is 1.74. The molecule has 17 heavy (non-hydrogen) atoms. The van der Waals surface area contributed by atoms with Crippen LogP contribution >= 0.6 is 0 Å². The Kier molecular flexibility index (Phi) is 68.2. The SMILES string of the molecule is C/C=C/C=O.CC=O.CCC=O.CCCC=O. The molecule has 0 aliphatic carbocycles. The lowest BCUT2D eigenvalue weighted by atomic mass is 10.4. The highest BCUT2D eigenvalue weighted by Gasteiger charge is 1.66. The Hall–Kier alpha value is -1.58. The quantitative estimate of drug-likeness (QED) is 0.563. The molecule has 0 bridgehead atoms. The molecule has 0 N–H and O–H groups in total. The van der Waals surface area contributed by atoms with Crippen LogP contribution in [0.15, 0.2) is 12.2 Å². The minimum absolute atomic E-state index is 0.639. The van der Waals surface area contributed by atoms with E-state index in [1.165, 1.54) is 13.0 Å². The van der Waals surface area contributed by atoms with Gasteiger partial charge in [-0.25, -0.2) is 0 Å². The van der Waals surface area contributed by atoms with Gasteiger partial charge in [-0.3, -0.25) is 4.79 Å². The molecule has 0 unspecified atom stereocenters. The van der Waals surface area contributed by atoms with Crippen molar-refractivity contribution in [3.63, 3.8) is 0 Å². The number of rotatable bonds is 4. The smallest absolute Gasteiger partial charge is 0.142 e. The van der Waals surface area contributed by atoms with Crippen LogP contribution in [0.3, 0.4) is 0 Å². The molecule has 0 aromatic heterocycles. The molecule has 0 saturated heterocycles. The lowest BCUT2D eigenvalue weighted by molar-refractivity contribution is -0.108. The number of hydrogen-bond donors (Lipinski definition) is 0. The zero-order valence-corrected chi connectivity index (χ0v) is 11.2. The third kappa shape index (κ3) is 190. The average Bonchev–Trinajstić information content (AvgIpc) is 2.33. The molecule has 0 fully saturated rings. The van der Waals surface area contributed by atoms with Gasteiger partial charge >= 0.3 is 0 Å². The van der Waals surface area contributed by atoms with E-state index >= 15 is 0 Å². The number of unbranched alkanes of at least 4 members (excludes halogenated alkanes) is 1. The summed E-state index contributed by atoms with van der Waals surface area (Å²) in [6.45, 7) is 7.04. The molecule has 0 aromatic rings. The van der Waals surface area contributed by atoms with Gasteiger partial charge in [0, 0.05) is 12.8 Å². The van der Waals surface area contributed by atoms with Crippen LogP contribution in [0.4, 0.5) is 0 Å². The van der Waals surface area contributed by atoms with Gasteiger partial charge in [-0.2, -0.15) is 0 Å². The molecule has 0 spiro atoms. The predicted octanol–water partition coefficient (Wildman–Crippen LogP) is 2.55. The van der Waals surface area contributed by atoms with Gasteiger partial charge in [-0.05, 0) is 26.3 Å². The second kappa shape index (κ2) is 47.2. The van der Waals surface area contributed by atoms with E-state index in [0.717, 1.165) is 31.6 Å². The maximum absolute atomic E-state index is 9.40. The van der Waals surface area contributed by atoms with Gasteiger partial charge in [-0.15, -0.1) is 0 Å². The average molecular weight is 244 g/mol. The first kappa shape index (κ1) is 24.6. The molecule has 0 saturated carbocycles.